The van der Waals surface area contributed by atoms with Crippen LogP contribution in [-0.4, -0.2) is 28.0 Å². The van der Waals surface area contributed by atoms with Crippen LogP contribution in [0.4, 0.5) is 11.8 Å². The fraction of sp³-hybridized carbons (Fsp3) is 0.545. The Morgan fingerprint density at radius 1 is 1.47 bits per heavy atom. The van der Waals surface area contributed by atoms with Gasteiger partial charge >= 0.3 is 0 Å². The molecule has 17 heavy (non-hydrogen) atoms. The molecule has 0 saturated carbocycles. The van der Waals surface area contributed by atoms with Gasteiger partial charge in [-0.2, -0.15) is 4.98 Å². The molecule has 0 aliphatic carbocycles. The molecule has 0 aromatic carbocycles. The fourth-order valence-corrected chi connectivity index (χ4v) is 1.25. The number of nitrogens with two attached hydrogens (primary N) is 1. The predicted molar refractivity (Wildman–Crippen MR) is 67.8 cm³/mol. The van der Waals surface area contributed by atoms with E-state index in [-0.39, 0.29) is 0 Å². The molecule has 1 aromatic heterocycles. The molecule has 0 atom stereocenters. The van der Waals surface area contributed by atoms with Gasteiger partial charge in [0.05, 0.1) is 0 Å². The molecule has 0 unspecified atom stereocenters. The molecule has 0 radical (unpaired) electrons. The van der Waals surface area contributed by atoms with E-state index in [4.69, 9.17) is 5.73 Å². The Kier molecular flexibility index (Phi) is 3.88. The van der Waals surface area contributed by atoms with Crippen molar-refractivity contribution < 1.29 is 4.79 Å². The second-order valence-corrected chi connectivity index (χ2v) is 4.36. The Morgan fingerprint density at radius 2 is 2.12 bits per heavy atom. The third kappa shape index (κ3) is 3.58. The zero-order valence-corrected chi connectivity index (χ0v) is 10.7. The number of nitrogens with zero attached hydrogens (tertiary/aromatic N) is 2. The van der Waals surface area contributed by atoms with Crippen LogP contribution in [0.2, 0.25) is 0 Å². The van der Waals surface area contributed by atoms with Gasteiger partial charge in [-0.05, 0) is 27.7 Å². The minimum Gasteiger partial charge on any atom is -0.368 e. The average molecular weight is 237 g/mol. The molecule has 1 aromatic rings. The summed E-state index contributed by atoms with van der Waals surface area (Å²) < 4.78 is 0. The summed E-state index contributed by atoms with van der Waals surface area (Å²) in [7, 11) is 0. The van der Waals surface area contributed by atoms with Crippen molar-refractivity contribution in [1.29, 1.82) is 0 Å². The Morgan fingerprint density at radius 3 is 2.65 bits per heavy atom. The minimum absolute atomic E-state index is 0.432. The highest BCUT2D eigenvalue weighted by Gasteiger charge is 2.25. The predicted octanol–water partition coefficient (Wildman–Crippen LogP) is 0.893. The van der Waals surface area contributed by atoms with Crippen molar-refractivity contribution in [2.45, 2.75) is 33.2 Å². The van der Waals surface area contributed by atoms with Crippen LogP contribution in [0.1, 0.15) is 26.5 Å². The Balaban J connectivity index is 2.95. The molecule has 0 fully saturated rings. The van der Waals surface area contributed by atoms with Crippen LogP contribution in [0.3, 0.4) is 0 Å². The third-order valence-electron chi connectivity index (χ3n) is 2.25. The van der Waals surface area contributed by atoms with Crippen molar-refractivity contribution in [1.82, 2.24) is 9.97 Å². The molecule has 0 saturated heterocycles. The molecule has 1 heterocycles. The van der Waals surface area contributed by atoms with E-state index in [1.165, 1.54) is 0 Å². The van der Waals surface area contributed by atoms with Gasteiger partial charge in [-0.25, -0.2) is 4.98 Å². The maximum Gasteiger partial charge on any atom is 0.242 e. The van der Waals surface area contributed by atoms with Crippen molar-refractivity contribution in [2.75, 3.05) is 17.2 Å². The first-order chi connectivity index (χ1) is 7.85. The van der Waals surface area contributed by atoms with Crippen molar-refractivity contribution in [3.05, 3.63) is 11.8 Å². The van der Waals surface area contributed by atoms with E-state index in [1.54, 1.807) is 19.9 Å². The largest absolute Gasteiger partial charge is 0.368 e. The van der Waals surface area contributed by atoms with Gasteiger partial charge < -0.3 is 16.4 Å². The lowest BCUT2D eigenvalue weighted by Crippen LogP contribution is -2.45. The summed E-state index contributed by atoms with van der Waals surface area (Å²) in [5.74, 6) is 0.686. The number of carbonyl (C=O) groups excluding carboxylic acids is 1. The van der Waals surface area contributed by atoms with Gasteiger partial charge in [0.2, 0.25) is 11.9 Å². The van der Waals surface area contributed by atoms with Gasteiger partial charge in [-0.1, -0.05) is 0 Å². The Labute approximate surface area is 101 Å². The van der Waals surface area contributed by atoms with Crippen molar-refractivity contribution >= 4 is 17.7 Å². The summed E-state index contributed by atoms with van der Waals surface area (Å²) in [4.78, 5) is 19.7. The van der Waals surface area contributed by atoms with Crippen LogP contribution >= 0.6 is 0 Å². The van der Waals surface area contributed by atoms with Crippen LogP contribution < -0.4 is 16.4 Å². The molecular formula is C11H19N5O. The van der Waals surface area contributed by atoms with Crippen molar-refractivity contribution in [2.24, 2.45) is 5.73 Å². The van der Waals surface area contributed by atoms with Gasteiger partial charge in [0.25, 0.3) is 0 Å². The molecule has 6 heteroatoms. The van der Waals surface area contributed by atoms with Crippen LogP contribution in [0.5, 0.6) is 0 Å². The third-order valence-corrected chi connectivity index (χ3v) is 2.25. The maximum atomic E-state index is 11.2. The summed E-state index contributed by atoms with van der Waals surface area (Å²) in [5, 5.41) is 6.02. The van der Waals surface area contributed by atoms with E-state index >= 15 is 0 Å². The molecule has 94 valence electrons. The highest BCUT2D eigenvalue weighted by molar-refractivity contribution is 5.86. The minimum atomic E-state index is -0.843. The van der Waals surface area contributed by atoms with E-state index in [1.807, 2.05) is 13.8 Å². The number of aryl methyl sites for hydroxylation is 1. The van der Waals surface area contributed by atoms with Gasteiger partial charge in [0.15, 0.2) is 0 Å². The first-order valence-corrected chi connectivity index (χ1v) is 5.53. The van der Waals surface area contributed by atoms with E-state index in [9.17, 15) is 4.79 Å². The lowest BCUT2D eigenvalue weighted by Gasteiger charge is -2.23. The number of rotatable bonds is 5. The summed E-state index contributed by atoms with van der Waals surface area (Å²) in [6.45, 7) is 7.98. The quantitative estimate of drug-likeness (QED) is 0.707. The average Bonchev–Trinajstić information content (AvgIpc) is 2.15. The summed E-state index contributed by atoms with van der Waals surface area (Å²) in [5.41, 5.74) is 5.27. The normalized spacial score (nSPS) is 11.1. The SMILES string of the molecule is CCNc1nc(C)cc(NC(C)(C)C(N)=O)n1. The number of nitrogens with one attached hydrogen (secondary N) is 2. The van der Waals surface area contributed by atoms with Crippen LogP contribution in [-0.2, 0) is 4.79 Å². The summed E-state index contributed by atoms with van der Waals surface area (Å²) >= 11 is 0. The molecular weight excluding hydrogens is 218 g/mol. The molecule has 1 rings (SSSR count). The standard InChI is InChI=1S/C11H19N5O/c1-5-13-10-14-7(2)6-8(15-10)16-11(3,4)9(12)17/h6H,5H2,1-4H3,(H2,12,17)(H2,13,14,15,16). The molecule has 0 bridgehead atoms. The number of aromatic nitrogens is 2. The number of hydrogen-bond donors (Lipinski definition) is 3. The molecule has 4 N–H and O–H groups in total. The molecule has 1 amide bonds. The lowest BCUT2D eigenvalue weighted by molar-refractivity contribution is -0.121. The topological polar surface area (TPSA) is 92.9 Å². The second-order valence-electron chi connectivity index (χ2n) is 4.36. The highest BCUT2D eigenvalue weighted by Crippen LogP contribution is 2.15. The number of hydrogen-bond acceptors (Lipinski definition) is 5. The number of carbonyl (C=O) groups is 1. The summed E-state index contributed by atoms with van der Waals surface area (Å²) in [6, 6.07) is 1.77. The number of primary amides is 1. The van der Waals surface area contributed by atoms with Crippen LogP contribution in [0.25, 0.3) is 0 Å². The van der Waals surface area contributed by atoms with Gasteiger partial charge in [0, 0.05) is 18.3 Å². The summed E-state index contributed by atoms with van der Waals surface area (Å²) in [6.07, 6.45) is 0. The molecule has 0 spiro atoms. The van der Waals surface area contributed by atoms with Crippen molar-refractivity contribution in [3.8, 4) is 0 Å². The first-order valence-electron chi connectivity index (χ1n) is 5.53. The fourth-order valence-electron chi connectivity index (χ4n) is 1.25. The smallest absolute Gasteiger partial charge is 0.242 e. The van der Waals surface area contributed by atoms with Gasteiger partial charge in [-0.3, -0.25) is 4.79 Å². The maximum absolute atomic E-state index is 11.2. The van der Waals surface area contributed by atoms with E-state index in [0.29, 0.717) is 11.8 Å². The van der Waals surface area contributed by atoms with Crippen molar-refractivity contribution in [3.63, 3.8) is 0 Å². The monoisotopic (exact) mass is 237 g/mol. The second kappa shape index (κ2) is 4.99. The van der Waals surface area contributed by atoms with Gasteiger partial charge in [-0.15, -0.1) is 0 Å². The zero-order valence-electron chi connectivity index (χ0n) is 10.7. The number of amides is 1. The zero-order chi connectivity index (χ0) is 13.1. The molecule has 6 nitrogen and oxygen atoms in total. The van der Waals surface area contributed by atoms with Gasteiger partial charge in [0.1, 0.15) is 11.4 Å². The van der Waals surface area contributed by atoms with E-state index in [0.717, 1.165) is 12.2 Å². The Hall–Kier alpha value is -1.85. The highest BCUT2D eigenvalue weighted by atomic mass is 16.1. The number of anilines is 2. The Bertz CT molecular complexity index is 416. The first kappa shape index (κ1) is 13.2. The molecule has 0 aliphatic rings. The van der Waals surface area contributed by atoms with E-state index in [2.05, 4.69) is 20.6 Å². The molecule has 0 aliphatic heterocycles. The van der Waals surface area contributed by atoms with Crippen LogP contribution in [0, 0.1) is 6.92 Å². The van der Waals surface area contributed by atoms with Crippen LogP contribution in [0.15, 0.2) is 6.07 Å². The lowest BCUT2D eigenvalue weighted by atomic mass is 10.1. The van der Waals surface area contributed by atoms with E-state index < -0.39 is 11.4 Å².